The van der Waals surface area contributed by atoms with Gasteiger partial charge in [-0.1, -0.05) is 59.3 Å². The van der Waals surface area contributed by atoms with Crippen molar-refractivity contribution in [2.75, 3.05) is 11.1 Å². The summed E-state index contributed by atoms with van der Waals surface area (Å²) in [7, 11) is 0. The van der Waals surface area contributed by atoms with Crippen molar-refractivity contribution in [2.45, 2.75) is 17.8 Å². The molecule has 0 radical (unpaired) electrons. The molecule has 0 saturated heterocycles. The SMILES string of the molecule is CCSc1nnc(NCc2ccc(Cl)cc2Cl)s1. The predicted octanol–water partition coefficient (Wildman–Crippen LogP) is 4.57. The van der Waals surface area contributed by atoms with E-state index in [1.54, 1.807) is 29.2 Å². The molecule has 0 aliphatic rings. The Labute approximate surface area is 124 Å². The molecule has 1 N–H and O–H groups in total. The molecule has 0 saturated carbocycles. The van der Waals surface area contributed by atoms with Crippen LogP contribution in [-0.2, 0) is 6.54 Å². The molecule has 0 atom stereocenters. The molecule has 1 aromatic carbocycles. The van der Waals surface area contributed by atoms with Gasteiger partial charge in [-0.15, -0.1) is 10.2 Å². The standard InChI is InChI=1S/C11H11Cl2N3S2/c1-2-17-11-16-15-10(18-11)14-6-7-3-4-8(12)5-9(7)13/h3-5H,2,6H2,1H3,(H,14,15). The third kappa shape index (κ3) is 3.75. The molecule has 2 aromatic rings. The fraction of sp³-hybridized carbons (Fsp3) is 0.273. The minimum absolute atomic E-state index is 0.613. The molecule has 0 unspecified atom stereocenters. The molecule has 96 valence electrons. The Kier molecular flexibility index (Phi) is 5.12. The van der Waals surface area contributed by atoms with Crippen molar-refractivity contribution in [3.63, 3.8) is 0 Å². The lowest BCUT2D eigenvalue weighted by molar-refractivity contribution is 0.995. The summed E-state index contributed by atoms with van der Waals surface area (Å²) in [5.41, 5.74) is 0.987. The van der Waals surface area contributed by atoms with Crippen LogP contribution >= 0.6 is 46.3 Å². The van der Waals surface area contributed by atoms with Crippen LogP contribution in [0.15, 0.2) is 22.5 Å². The first-order chi connectivity index (χ1) is 8.69. The molecule has 18 heavy (non-hydrogen) atoms. The van der Waals surface area contributed by atoms with E-state index in [9.17, 15) is 0 Å². The van der Waals surface area contributed by atoms with Gasteiger partial charge in [0.25, 0.3) is 0 Å². The van der Waals surface area contributed by atoms with Crippen LogP contribution in [0.4, 0.5) is 5.13 Å². The van der Waals surface area contributed by atoms with Crippen LogP contribution in [0.1, 0.15) is 12.5 Å². The van der Waals surface area contributed by atoms with Crippen LogP contribution in [0.2, 0.25) is 10.0 Å². The minimum Gasteiger partial charge on any atom is -0.356 e. The highest BCUT2D eigenvalue weighted by Gasteiger charge is 2.05. The third-order valence-corrected chi connectivity index (χ3v) is 4.60. The zero-order valence-electron chi connectivity index (χ0n) is 9.61. The van der Waals surface area contributed by atoms with E-state index in [2.05, 4.69) is 22.4 Å². The first-order valence-electron chi connectivity index (χ1n) is 5.33. The Morgan fingerprint density at radius 2 is 2.17 bits per heavy atom. The quantitative estimate of drug-likeness (QED) is 0.819. The maximum atomic E-state index is 6.09. The van der Waals surface area contributed by atoms with Crippen LogP contribution in [-0.4, -0.2) is 16.0 Å². The van der Waals surface area contributed by atoms with Gasteiger partial charge in [-0.05, 0) is 23.4 Å². The summed E-state index contributed by atoms with van der Waals surface area (Å²) in [5, 5.41) is 13.4. The van der Waals surface area contributed by atoms with Gasteiger partial charge in [-0.2, -0.15) is 0 Å². The highest BCUT2D eigenvalue weighted by atomic mass is 35.5. The summed E-state index contributed by atoms with van der Waals surface area (Å²) in [5.74, 6) is 0.998. The van der Waals surface area contributed by atoms with E-state index in [4.69, 9.17) is 23.2 Å². The number of nitrogens with one attached hydrogen (secondary N) is 1. The largest absolute Gasteiger partial charge is 0.356 e. The van der Waals surface area contributed by atoms with Crippen LogP contribution in [0.5, 0.6) is 0 Å². The van der Waals surface area contributed by atoms with Crippen molar-refractivity contribution in [2.24, 2.45) is 0 Å². The molecule has 0 amide bonds. The maximum absolute atomic E-state index is 6.09. The molecular weight excluding hydrogens is 309 g/mol. The smallest absolute Gasteiger partial charge is 0.206 e. The summed E-state index contributed by atoms with van der Waals surface area (Å²) < 4.78 is 0.974. The second kappa shape index (κ2) is 6.61. The van der Waals surface area contributed by atoms with Gasteiger partial charge in [0.1, 0.15) is 0 Å². The second-order valence-corrected chi connectivity index (χ2v) is 6.73. The van der Waals surface area contributed by atoms with E-state index in [0.29, 0.717) is 16.6 Å². The number of hydrogen-bond acceptors (Lipinski definition) is 5. The minimum atomic E-state index is 0.613. The molecular formula is C11H11Cl2N3S2. The molecule has 0 fully saturated rings. The highest BCUT2D eigenvalue weighted by molar-refractivity contribution is 8.01. The predicted molar refractivity (Wildman–Crippen MR) is 80.1 cm³/mol. The fourth-order valence-electron chi connectivity index (χ4n) is 1.30. The zero-order chi connectivity index (χ0) is 13.0. The first-order valence-corrected chi connectivity index (χ1v) is 7.89. The average Bonchev–Trinajstić information content (AvgIpc) is 2.76. The van der Waals surface area contributed by atoms with Crippen molar-refractivity contribution in [1.29, 1.82) is 0 Å². The number of anilines is 1. The van der Waals surface area contributed by atoms with Crippen molar-refractivity contribution < 1.29 is 0 Å². The molecule has 0 spiro atoms. The number of halogens is 2. The third-order valence-electron chi connectivity index (χ3n) is 2.12. The topological polar surface area (TPSA) is 37.8 Å². The zero-order valence-corrected chi connectivity index (χ0v) is 12.8. The van der Waals surface area contributed by atoms with E-state index in [1.807, 2.05) is 12.1 Å². The molecule has 1 heterocycles. The Hall–Kier alpha value is -0.490. The lowest BCUT2D eigenvalue weighted by Gasteiger charge is -2.04. The Balaban J connectivity index is 1.97. The van der Waals surface area contributed by atoms with Gasteiger partial charge in [0.05, 0.1) is 0 Å². The second-order valence-electron chi connectivity index (χ2n) is 3.40. The molecule has 0 bridgehead atoms. The molecule has 3 nitrogen and oxygen atoms in total. The van der Waals surface area contributed by atoms with E-state index in [-0.39, 0.29) is 0 Å². The van der Waals surface area contributed by atoms with E-state index < -0.39 is 0 Å². The average molecular weight is 320 g/mol. The Bertz CT molecular complexity index is 531. The van der Waals surface area contributed by atoms with Gasteiger partial charge in [0.15, 0.2) is 4.34 Å². The van der Waals surface area contributed by atoms with Crippen molar-refractivity contribution in [1.82, 2.24) is 10.2 Å². The molecule has 7 heteroatoms. The first kappa shape index (κ1) is 13.9. The lowest BCUT2D eigenvalue weighted by Crippen LogP contribution is -1.99. The summed E-state index contributed by atoms with van der Waals surface area (Å²) >= 11 is 15.2. The van der Waals surface area contributed by atoms with Gasteiger partial charge in [-0.3, -0.25) is 0 Å². The molecule has 1 aromatic heterocycles. The van der Waals surface area contributed by atoms with Crippen LogP contribution in [0.3, 0.4) is 0 Å². The van der Waals surface area contributed by atoms with E-state index in [0.717, 1.165) is 20.8 Å². The van der Waals surface area contributed by atoms with Gasteiger partial charge in [-0.25, -0.2) is 0 Å². The number of nitrogens with zero attached hydrogens (tertiary/aromatic N) is 2. The summed E-state index contributed by atoms with van der Waals surface area (Å²) in [4.78, 5) is 0. The summed E-state index contributed by atoms with van der Waals surface area (Å²) in [6.07, 6.45) is 0. The van der Waals surface area contributed by atoms with Crippen LogP contribution in [0, 0.1) is 0 Å². The van der Waals surface area contributed by atoms with Crippen molar-refractivity contribution in [3.8, 4) is 0 Å². The molecule has 0 aliphatic heterocycles. The van der Waals surface area contributed by atoms with Gasteiger partial charge in [0, 0.05) is 16.6 Å². The fourth-order valence-corrected chi connectivity index (χ4v) is 3.42. The Morgan fingerprint density at radius 3 is 2.89 bits per heavy atom. The summed E-state index contributed by atoms with van der Waals surface area (Å²) in [6, 6.07) is 5.46. The van der Waals surface area contributed by atoms with Crippen LogP contribution < -0.4 is 5.32 Å². The number of rotatable bonds is 5. The van der Waals surface area contributed by atoms with E-state index in [1.165, 1.54) is 0 Å². The lowest BCUT2D eigenvalue weighted by atomic mass is 10.2. The van der Waals surface area contributed by atoms with Crippen molar-refractivity contribution >= 4 is 51.4 Å². The maximum Gasteiger partial charge on any atom is 0.206 e. The van der Waals surface area contributed by atoms with E-state index >= 15 is 0 Å². The number of hydrogen-bond donors (Lipinski definition) is 1. The van der Waals surface area contributed by atoms with Gasteiger partial charge in [0.2, 0.25) is 5.13 Å². The Morgan fingerprint density at radius 1 is 1.33 bits per heavy atom. The number of aromatic nitrogens is 2. The van der Waals surface area contributed by atoms with Gasteiger partial charge < -0.3 is 5.32 Å². The normalized spacial score (nSPS) is 10.6. The number of thioether (sulfide) groups is 1. The van der Waals surface area contributed by atoms with Crippen molar-refractivity contribution in [3.05, 3.63) is 33.8 Å². The monoisotopic (exact) mass is 319 g/mol. The molecule has 0 aliphatic carbocycles. The summed E-state index contributed by atoms with van der Waals surface area (Å²) in [6.45, 7) is 2.70. The van der Waals surface area contributed by atoms with Gasteiger partial charge >= 0.3 is 0 Å². The number of benzene rings is 1. The highest BCUT2D eigenvalue weighted by Crippen LogP contribution is 2.26. The van der Waals surface area contributed by atoms with Crippen LogP contribution in [0.25, 0.3) is 0 Å². The molecule has 2 rings (SSSR count).